The maximum atomic E-state index is 9.32. The highest BCUT2D eigenvalue weighted by atomic mass is 16.5. The van der Waals surface area contributed by atoms with Crippen molar-refractivity contribution in [2.24, 2.45) is 5.73 Å². The van der Waals surface area contributed by atoms with Gasteiger partial charge in [-0.15, -0.1) is 0 Å². The van der Waals surface area contributed by atoms with Gasteiger partial charge in [-0.25, -0.2) is 0 Å². The van der Waals surface area contributed by atoms with Crippen LogP contribution in [-0.4, -0.2) is 15.8 Å². The van der Waals surface area contributed by atoms with Gasteiger partial charge in [0.2, 0.25) is 0 Å². The average molecular weight is 175 g/mol. The van der Waals surface area contributed by atoms with Crippen molar-refractivity contribution in [3.8, 4) is 0 Å². The normalized spacial score (nSPS) is 10.5. The number of nitrogens with two attached hydrogens (primary N) is 1. The van der Waals surface area contributed by atoms with Gasteiger partial charge in [0.05, 0.1) is 5.52 Å². The zero-order valence-corrected chi connectivity index (χ0v) is 6.86. The number of rotatable bonds is 1. The molecule has 4 N–H and O–H groups in total. The van der Waals surface area contributed by atoms with Gasteiger partial charge in [0.15, 0.2) is 0 Å². The van der Waals surface area contributed by atoms with Crippen molar-refractivity contribution in [2.75, 3.05) is 0 Å². The Morgan fingerprint density at radius 3 is 2.85 bits per heavy atom. The number of nitrogen functional groups attached to an aromatic ring is 1. The maximum Gasteiger partial charge on any atom is 0.123 e. The predicted molar refractivity (Wildman–Crippen MR) is 50.1 cm³/mol. The second-order valence-corrected chi connectivity index (χ2v) is 2.81. The van der Waals surface area contributed by atoms with Gasteiger partial charge < -0.3 is 10.9 Å². The first-order valence-electron chi connectivity index (χ1n) is 3.84. The minimum atomic E-state index is 0.0109. The monoisotopic (exact) mass is 175 g/mol. The summed E-state index contributed by atoms with van der Waals surface area (Å²) in [7, 11) is 0. The third kappa shape index (κ3) is 1.03. The second-order valence-electron chi connectivity index (χ2n) is 2.81. The molecule has 0 radical (unpaired) electrons. The fraction of sp³-hybridized carbons (Fsp3) is 0. The van der Waals surface area contributed by atoms with Gasteiger partial charge in [0.25, 0.3) is 0 Å². The van der Waals surface area contributed by atoms with E-state index >= 15 is 0 Å². The van der Waals surface area contributed by atoms with Crippen molar-refractivity contribution < 1.29 is 5.21 Å². The summed E-state index contributed by atoms with van der Waals surface area (Å²) in [6.07, 6.45) is 1.52. The third-order valence-electron chi connectivity index (χ3n) is 2.00. The van der Waals surface area contributed by atoms with Crippen LogP contribution in [0.15, 0.2) is 30.5 Å². The molecule has 66 valence electrons. The quantitative estimate of drug-likeness (QED) is 0.345. The van der Waals surface area contributed by atoms with Crippen molar-refractivity contribution in [1.29, 1.82) is 5.41 Å². The molecule has 0 fully saturated rings. The lowest BCUT2D eigenvalue weighted by molar-refractivity contribution is 0.200. The van der Waals surface area contributed by atoms with E-state index < -0.39 is 0 Å². The molecule has 0 bridgehead atoms. The summed E-state index contributed by atoms with van der Waals surface area (Å²) < 4.78 is 1.02. The first kappa shape index (κ1) is 7.67. The summed E-state index contributed by atoms with van der Waals surface area (Å²) >= 11 is 0. The Bertz CT molecular complexity index is 473. The van der Waals surface area contributed by atoms with Crippen LogP contribution in [0.2, 0.25) is 0 Å². The largest absolute Gasteiger partial charge is 0.428 e. The topological polar surface area (TPSA) is 75.0 Å². The van der Waals surface area contributed by atoms with E-state index in [0.717, 1.165) is 10.1 Å². The smallest absolute Gasteiger partial charge is 0.123 e. The Morgan fingerprint density at radius 2 is 2.15 bits per heavy atom. The number of hydrogen-bond acceptors (Lipinski definition) is 2. The molecular weight excluding hydrogens is 166 g/mol. The van der Waals surface area contributed by atoms with Crippen LogP contribution in [-0.2, 0) is 0 Å². The molecule has 1 aromatic heterocycles. The van der Waals surface area contributed by atoms with Crippen LogP contribution in [0.5, 0.6) is 0 Å². The van der Waals surface area contributed by atoms with E-state index in [1.54, 1.807) is 24.3 Å². The lowest BCUT2D eigenvalue weighted by Crippen LogP contribution is -2.11. The highest BCUT2D eigenvalue weighted by molar-refractivity contribution is 6.06. The fourth-order valence-corrected chi connectivity index (χ4v) is 1.39. The molecule has 13 heavy (non-hydrogen) atoms. The van der Waals surface area contributed by atoms with Crippen LogP contribution in [0.4, 0.5) is 0 Å². The minimum Gasteiger partial charge on any atom is -0.428 e. The Morgan fingerprint density at radius 1 is 1.38 bits per heavy atom. The first-order chi connectivity index (χ1) is 6.20. The highest BCUT2D eigenvalue weighted by Gasteiger charge is 2.05. The standard InChI is InChI=1S/C9H9N3O/c10-9(11)7-2-1-3-8-6(7)4-5-12(8)13/h1-5,13H,(H3,10,11). The van der Waals surface area contributed by atoms with Crippen molar-refractivity contribution in [3.05, 3.63) is 36.0 Å². The molecule has 1 aromatic carbocycles. The van der Waals surface area contributed by atoms with Crippen LogP contribution >= 0.6 is 0 Å². The van der Waals surface area contributed by atoms with E-state index in [-0.39, 0.29) is 5.84 Å². The summed E-state index contributed by atoms with van der Waals surface area (Å²) in [5.74, 6) is 0.0109. The van der Waals surface area contributed by atoms with Gasteiger partial charge in [-0.05, 0) is 12.1 Å². The van der Waals surface area contributed by atoms with E-state index in [9.17, 15) is 5.21 Å². The van der Waals surface area contributed by atoms with Crippen molar-refractivity contribution >= 4 is 16.7 Å². The molecule has 0 unspecified atom stereocenters. The Labute approximate surface area is 74.7 Å². The van der Waals surface area contributed by atoms with Gasteiger partial charge in [-0.3, -0.25) is 5.41 Å². The van der Waals surface area contributed by atoms with E-state index in [1.807, 2.05) is 0 Å². The summed E-state index contributed by atoms with van der Waals surface area (Å²) in [4.78, 5) is 0. The van der Waals surface area contributed by atoms with Crippen molar-refractivity contribution in [2.45, 2.75) is 0 Å². The summed E-state index contributed by atoms with van der Waals surface area (Å²) in [6, 6.07) is 7.00. The van der Waals surface area contributed by atoms with E-state index in [0.29, 0.717) is 11.1 Å². The van der Waals surface area contributed by atoms with E-state index in [4.69, 9.17) is 11.1 Å². The van der Waals surface area contributed by atoms with Crippen LogP contribution in [0.3, 0.4) is 0 Å². The number of nitrogens with zero attached hydrogens (tertiary/aromatic N) is 1. The zero-order chi connectivity index (χ0) is 9.42. The average Bonchev–Trinajstić information content (AvgIpc) is 2.48. The Kier molecular flexibility index (Phi) is 1.48. The van der Waals surface area contributed by atoms with Gasteiger partial charge in [0.1, 0.15) is 5.84 Å². The number of nitrogens with one attached hydrogen (secondary N) is 1. The predicted octanol–water partition coefficient (Wildman–Crippen LogP) is 1.16. The lowest BCUT2D eigenvalue weighted by atomic mass is 10.1. The molecule has 0 saturated carbocycles. The fourth-order valence-electron chi connectivity index (χ4n) is 1.39. The molecule has 0 aliphatic heterocycles. The minimum absolute atomic E-state index is 0.0109. The molecular formula is C9H9N3O. The van der Waals surface area contributed by atoms with Crippen molar-refractivity contribution in [3.63, 3.8) is 0 Å². The Balaban J connectivity index is 2.84. The van der Waals surface area contributed by atoms with Crippen LogP contribution in [0, 0.1) is 5.41 Å². The maximum absolute atomic E-state index is 9.32. The molecule has 0 saturated heterocycles. The highest BCUT2D eigenvalue weighted by Crippen LogP contribution is 2.18. The number of amidine groups is 1. The molecule has 2 aromatic rings. The van der Waals surface area contributed by atoms with Crippen LogP contribution in [0.1, 0.15) is 5.56 Å². The molecule has 0 aliphatic rings. The molecule has 1 heterocycles. The zero-order valence-electron chi connectivity index (χ0n) is 6.86. The van der Waals surface area contributed by atoms with Crippen molar-refractivity contribution in [1.82, 2.24) is 4.73 Å². The van der Waals surface area contributed by atoms with Gasteiger partial charge in [-0.2, -0.15) is 4.73 Å². The third-order valence-corrected chi connectivity index (χ3v) is 2.00. The summed E-state index contributed by atoms with van der Waals surface area (Å²) in [5, 5.41) is 17.4. The molecule has 2 rings (SSSR count). The SMILES string of the molecule is N=C(N)c1cccc2c1ccn2O. The van der Waals surface area contributed by atoms with Gasteiger partial charge >= 0.3 is 0 Å². The molecule has 0 amide bonds. The van der Waals surface area contributed by atoms with E-state index in [1.165, 1.54) is 6.20 Å². The number of hydrogen-bond donors (Lipinski definition) is 3. The van der Waals surface area contributed by atoms with Crippen LogP contribution in [0.25, 0.3) is 10.9 Å². The first-order valence-corrected chi connectivity index (χ1v) is 3.84. The lowest BCUT2D eigenvalue weighted by Gasteiger charge is -2.00. The Hall–Kier alpha value is -1.97. The van der Waals surface area contributed by atoms with Gasteiger partial charge in [0, 0.05) is 17.1 Å². The summed E-state index contributed by atoms with van der Waals surface area (Å²) in [6.45, 7) is 0. The molecule has 0 atom stereocenters. The van der Waals surface area contributed by atoms with Gasteiger partial charge in [-0.1, -0.05) is 12.1 Å². The van der Waals surface area contributed by atoms with Crippen LogP contribution < -0.4 is 5.73 Å². The number of benzene rings is 1. The molecule has 0 spiro atoms. The number of aromatic nitrogens is 1. The van der Waals surface area contributed by atoms with E-state index in [2.05, 4.69) is 0 Å². The molecule has 0 aliphatic carbocycles. The molecule has 4 nitrogen and oxygen atoms in total. The number of fused-ring (bicyclic) bond motifs is 1. The second kappa shape index (κ2) is 2.52. The summed E-state index contributed by atoms with van der Waals surface area (Å²) in [5.41, 5.74) is 6.69. The molecule has 4 heteroatoms.